The highest BCUT2D eigenvalue weighted by Crippen LogP contribution is 2.14. The number of carbonyl (C=O) groups is 1. The number of benzene rings is 1. The van der Waals surface area contributed by atoms with Gasteiger partial charge in [0.25, 0.3) is 5.91 Å². The van der Waals surface area contributed by atoms with Crippen molar-refractivity contribution in [1.82, 2.24) is 4.90 Å². The lowest BCUT2D eigenvalue weighted by Gasteiger charge is -2.22. The Morgan fingerprint density at radius 1 is 1.39 bits per heavy atom. The van der Waals surface area contributed by atoms with E-state index in [4.69, 9.17) is 5.11 Å². The molecule has 3 nitrogen and oxygen atoms in total. The minimum absolute atomic E-state index is 0.0829. The first-order valence-electron chi connectivity index (χ1n) is 6.27. The summed E-state index contributed by atoms with van der Waals surface area (Å²) in [4.78, 5) is 13.7. The van der Waals surface area contributed by atoms with E-state index in [-0.39, 0.29) is 24.6 Å². The molecule has 1 aromatic rings. The smallest absolute Gasteiger partial charge is 0.256 e. The summed E-state index contributed by atoms with van der Waals surface area (Å²) in [7, 11) is 0. The SMILES string of the molecule is CCCCN(CCO)C(=O)c1cccc(C)c1F. The second kappa shape index (κ2) is 7.11. The number of halogens is 1. The van der Waals surface area contributed by atoms with Crippen LogP contribution in [0, 0.1) is 12.7 Å². The molecular formula is C14H20FNO2. The molecule has 4 heteroatoms. The highest BCUT2D eigenvalue weighted by molar-refractivity contribution is 5.94. The number of aliphatic hydroxyl groups is 1. The van der Waals surface area contributed by atoms with Crippen molar-refractivity contribution in [3.8, 4) is 0 Å². The molecule has 0 bridgehead atoms. The number of amides is 1. The summed E-state index contributed by atoms with van der Waals surface area (Å²) >= 11 is 0. The van der Waals surface area contributed by atoms with Crippen LogP contribution in [0.1, 0.15) is 35.7 Å². The summed E-state index contributed by atoms with van der Waals surface area (Å²) in [6.45, 7) is 4.34. The van der Waals surface area contributed by atoms with Gasteiger partial charge >= 0.3 is 0 Å². The lowest BCUT2D eigenvalue weighted by Crippen LogP contribution is -2.35. The van der Waals surface area contributed by atoms with Gasteiger partial charge in [0.05, 0.1) is 12.2 Å². The molecule has 0 atom stereocenters. The largest absolute Gasteiger partial charge is 0.395 e. The van der Waals surface area contributed by atoms with Gasteiger partial charge in [0.1, 0.15) is 5.82 Å². The average molecular weight is 253 g/mol. The van der Waals surface area contributed by atoms with Crippen molar-refractivity contribution in [1.29, 1.82) is 0 Å². The maximum atomic E-state index is 13.9. The molecule has 100 valence electrons. The number of rotatable bonds is 6. The molecule has 1 rings (SSSR count). The summed E-state index contributed by atoms with van der Waals surface area (Å²) < 4.78 is 13.9. The molecule has 0 aliphatic heterocycles. The fourth-order valence-electron chi connectivity index (χ4n) is 1.77. The lowest BCUT2D eigenvalue weighted by molar-refractivity contribution is 0.0714. The van der Waals surface area contributed by atoms with Gasteiger partial charge in [0, 0.05) is 13.1 Å². The maximum absolute atomic E-state index is 13.9. The molecule has 1 amide bonds. The first-order chi connectivity index (χ1) is 8.61. The second-order valence-electron chi connectivity index (χ2n) is 4.31. The second-order valence-corrected chi connectivity index (χ2v) is 4.31. The summed E-state index contributed by atoms with van der Waals surface area (Å²) in [5.74, 6) is -0.819. The van der Waals surface area contributed by atoms with Crippen LogP contribution < -0.4 is 0 Å². The van der Waals surface area contributed by atoms with Gasteiger partial charge in [-0.1, -0.05) is 25.5 Å². The molecule has 0 fully saturated rings. The van der Waals surface area contributed by atoms with Crippen LogP contribution in [-0.4, -0.2) is 35.6 Å². The Hall–Kier alpha value is -1.42. The van der Waals surface area contributed by atoms with Crippen LogP contribution >= 0.6 is 0 Å². The van der Waals surface area contributed by atoms with Crippen molar-refractivity contribution in [3.63, 3.8) is 0 Å². The molecule has 0 unspecified atom stereocenters. The predicted molar refractivity (Wildman–Crippen MR) is 69.0 cm³/mol. The first-order valence-corrected chi connectivity index (χ1v) is 6.27. The molecule has 1 aromatic carbocycles. The Morgan fingerprint density at radius 3 is 2.72 bits per heavy atom. The Kier molecular flexibility index (Phi) is 5.78. The quantitative estimate of drug-likeness (QED) is 0.845. The summed E-state index contributed by atoms with van der Waals surface area (Å²) in [6.07, 6.45) is 1.80. The fourth-order valence-corrected chi connectivity index (χ4v) is 1.77. The molecule has 0 aliphatic carbocycles. The Labute approximate surface area is 107 Å². The van der Waals surface area contributed by atoms with Crippen molar-refractivity contribution < 1.29 is 14.3 Å². The van der Waals surface area contributed by atoms with Crippen LogP contribution in [0.25, 0.3) is 0 Å². The molecular weight excluding hydrogens is 233 g/mol. The fraction of sp³-hybridized carbons (Fsp3) is 0.500. The highest BCUT2D eigenvalue weighted by atomic mass is 19.1. The van der Waals surface area contributed by atoms with Crippen LogP contribution in [-0.2, 0) is 0 Å². The summed E-state index contributed by atoms with van der Waals surface area (Å²) in [5.41, 5.74) is 0.542. The molecule has 0 heterocycles. The molecule has 0 aliphatic rings. The van der Waals surface area contributed by atoms with Crippen molar-refractivity contribution in [2.24, 2.45) is 0 Å². The van der Waals surface area contributed by atoms with E-state index < -0.39 is 5.82 Å². The first kappa shape index (κ1) is 14.6. The monoisotopic (exact) mass is 253 g/mol. The zero-order valence-electron chi connectivity index (χ0n) is 10.9. The van der Waals surface area contributed by atoms with Gasteiger partial charge in [-0.05, 0) is 25.0 Å². The van der Waals surface area contributed by atoms with Crippen LogP contribution in [0.5, 0.6) is 0 Å². The molecule has 0 saturated heterocycles. The summed E-state index contributed by atoms with van der Waals surface area (Å²) in [6, 6.07) is 4.79. The Bertz CT molecular complexity index is 407. The zero-order chi connectivity index (χ0) is 13.5. The third kappa shape index (κ3) is 3.53. The Morgan fingerprint density at radius 2 is 2.11 bits per heavy atom. The van der Waals surface area contributed by atoms with Crippen molar-refractivity contribution in [2.75, 3.05) is 19.7 Å². The normalized spacial score (nSPS) is 10.4. The number of hydrogen-bond donors (Lipinski definition) is 1. The van der Waals surface area contributed by atoms with Crippen LogP contribution in [0.3, 0.4) is 0 Å². The number of carbonyl (C=O) groups excluding carboxylic acids is 1. The van der Waals surface area contributed by atoms with E-state index in [1.54, 1.807) is 19.1 Å². The number of hydrogen-bond acceptors (Lipinski definition) is 2. The molecule has 18 heavy (non-hydrogen) atoms. The predicted octanol–water partition coefficient (Wildman–Crippen LogP) is 2.37. The van der Waals surface area contributed by atoms with Gasteiger partial charge in [0.15, 0.2) is 0 Å². The van der Waals surface area contributed by atoms with E-state index in [0.717, 1.165) is 12.8 Å². The highest BCUT2D eigenvalue weighted by Gasteiger charge is 2.19. The van der Waals surface area contributed by atoms with Gasteiger partial charge in [0.2, 0.25) is 0 Å². The number of unbranched alkanes of at least 4 members (excludes halogenated alkanes) is 1. The minimum Gasteiger partial charge on any atom is -0.395 e. The topological polar surface area (TPSA) is 40.5 Å². The van der Waals surface area contributed by atoms with E-state index in [1.165, 1.54) is 11.0 Å². The minimum atomic E-state index is -0.470. The average Bonchev–Trinajstić information content (AvgIpc) is 2.37. The molecule has 0 radical (unpaired) electrons. The van der Waals surface area contributed by atoms with Gasteiger partial charge in [-0.25, -0.2) is 4.39 Å². The summed E-state index contributed by atoms with van der Waals surface area (Å²) in [5, 5.41) is 8.97. The number of aryl methyl sites for hydroxylation is 1. The Balaban J connectivity index is 2.90. The van der Waals surface area contributed by atoms with Crippen molar-refractivity contribution >= 4 is 5.91 Å². The molecule has 0 spiro atoms. The van der Waals surface area contributed by atoms with E-state index in [2.05, 4.69) is 0 Å². The van der Waals surface area contributed by atoms with Gasteiger partial charge < -0.3 is 10.0 Å². The van der Waals surface area contributed by atoms with E-state index in [0.29, 0.717) is 12.1 Å². The van der Waals surface area contributed by atoms with Gasteiger partial charge in [-0.15, -0.1) is 0 Å². The van der Waals surface area contributed by atoms with E-state index >= 15 is 0 Å². The zero-order valence-corrected chi connectivity index (χ0v) is 10.9. The van der Waals surface area contributed by atoms with Crippen molar-refractivity contribution in [3.05, 3.63) is 35.1 Å². The van der Waals surface area contributed by atoms with E-state index in [1.807, 2.05) is 6.92 Å². The molecule has 1 N–H and O–H groups in total. The standard InChI is InChI=1S/C14H20FNO2/c1-3-4-8-16(9-10-17)14(18)12-7-5-6-11(2)13(12)15/h5-7,17H,3-4,8-10H2,1-2H3. The van der Waals surface area contributed by atoms with Gasteiger partial charge in [-0.3, -0.25) is 4.79 Å². The van der Waals surface area contributed by atoms with E-state index in [9.17, 15) is 9.18 Å². The molecule has 0 aromatic heterocycles. The van der Waals surface area contributed by atoms with Crippen LogP contribution in [0.4, 0.5) is 4.39 Å². The van der Waals surface area contributed by atoms with Crippen LogP contribution in [0.15, 0.2) is 18.2 Å². The third-order valence-corrected chi connectivity index (χ3v) is 2.86. The number of aliphatic hydroxyl groups excluding tert-OH is 1. The lowest BCUT2D eigenvalue weighted by atomic mass is 10.1. The van der Waals surface area contributed by atoms with Crippen molar-refractivity contribution in [2.45, 2.75) is 26.7 Å². The number of nitrogens with zero attached hydrogens (tertiary/aromatic N) is 1. The van der Waals surface area contributed by atoms with Gasteiger partial charge in [-0.2, -0.15) is 0 Å². The maximum Gasteiger partial charge on any atom is 0.256 e. The van der Waals surface area contributed by atoms with Crippen LogP contribution in [0.2, 0.25) is 0 Å². The molecule has 0 saturated carbocycles. The third-order valence-electron chi connectivity index (χ3n) is 2.86.